The van der Waals surface area contributed by atoms with Crippen molar-refractivity contribution in [3.8, 4) is 0 Å². The minimum absolute atomic E-state index is 0.274. The van der Waals surface area contributed by atoms with Gasteiger partial charge in [0.1, 0.15) is 0 Å². The molecule has 0 heterocycles. The van der Waals surface area contributed by atoms with Gasteiger partial charge in [0.05, 0.1) is 0 Å². The van der Waals surface area contributed by atoms with Crippen LogP contribution in [0.15, 0.2) is 20.0 Å². The molecule has 72 valence electrons. The topological polar surface area (TPSA) is 9.23 Å². The third kappa shape index (κ3) is 1.76. The molecule has 2 heteroatoms. The zero-order valence-electron chi connectivity index (χ0n) is 9.41. The molecule has 0 amide bonds. The van der Waals surface area contributed by atoms with Crippen LogP contribution in [0.1, 0.15) is 34.6 Å². The molecule has 1 aliphatic carbocycles. The van der Waals surface area contributed by atoms with Gasteiger partial charge in [0.25, 0.3) is 0 Å². The van der Waals surface area contributed by atoms with E-state index in [1.807, 2.05) is 7.11 Å². The van der Waals surface area contributed by atoms with Crippen molar-refractivity contribution in [1.82, 2.24) is 0 Å². The van der Waals surface area contributed by atoms with E-state index in [9.17, 15) is 0 Å². The summed E-state index contributed by atoms with van der Waals surface area (Å²) in [7, 11) is 1.84. The second-order valence-electron chi connectivity index (χ2n) is 4.18. The van der Waals surface area contributed by atoms with Crippen molar-refractivity contribution in [2.24, 2.45) is 5.41 Å². The Morgan fingerprint density at radius 1 is 1.08 bits per heavy atom. The van der Waals surface area contributed by atoms with Crippen LogP contribution in [0.5, 0.6) is 0 Å². The van der Waals surface area contributed by atoms with Crippen LogP contribution in [0.3, 0.4) is 0 Å². The van der Waals surface area contributed by atoms with E-state index in [1.165, 1.54) is 16.7 Å². The van der Waals surface area contributed by atoms with Crippen LogP contribution in [-0.2, 0) is 26.5 Å². The van der Waals surface area contributed by atoms with Crippen molar-refractivity contribution in [3.05, 3.63) is 20.0 Å². The molecular weight excluding hydrogens is 239 g/mol. The summed E-state index contributed by atoms with van der Waals surface area (Å²) in [6.07, 6.45) is 0. The van der Waals surface area contributed by atoms with E-state index in [1.54, 1.807) is 3.28 Å². The molecule has 0 aromatic heterocycles. The van der Waals surface area contributed by atoms with Crippen molar-refractivity contribution >= 4 is 0 Å². The zero-order valence-corrected chi connectivity index (χ0v) is 11.9. The Bertz CT molecular complexity index is 284. The molecule has 1 rings (SSSR count). The second kappa shape index (κ2) is 3.83. The van der Waals surface area contributed by atoms with Gasteiger partial charge < -0.3 is 0 Å². The van der Waals surface area contributed by atoms with Gasteiger partial charge in [-0.2, -0.15) is 0 Å². The molecular formula is C11H18OZr. The third-order valence-corrected chi connectivity index (χ3v) is 6.73. The molecule has 0 aliphatic heterocycles. The predicted octanol–water partition coefficient (Wildman–Crippen LogP) is 3.28. The maximum atomic E-state index is 5.41. The molecule has 0 aromatic rings. The van der Waals surface area contributed by atoms with Crippen LogP contribution in [0.2, 0.25) is 0 Å². The first-order valence-corrected chi connectivity index (χ1v) is 6.84. The minimum atomic E-state index is -0.756. The van der Waals surface area contributed by atoms with Crippen molar-refractivity contribution in [1.29, 1.82) is 0 Å². The maximum absolute atomic E-state index is 5.41. The standard InChI is InChI=1S/C10H15.CH3O.Zr/c1-7-6-10(4,5)9(3)8(7)2;1-2;/h1-5H3;1H3;/q;-1;+1. The Morgan fingerprint density at radius 2 is 1.62 bits per heavy atom. The fourth-order valence-electron chi connectivity index (χ4n) is 1.90. The van der Waals surface area contributed by atoms with Gasteiger partial charge in [0.2, 0.25) is 0 Å². The van der Waals surface area contributed by atoms with Gasteiger partial charge in [0, 0.05) is 0 Å². The summed E-state index contributed by atoms with van der Waals surface area (Å²) in [5.74, 6) is 0. The number of rotatable bonds is 2. The average Bonchev–Trinajstić information content (AvgIpc) is 2.20. The fraction of sp³-hybridized carbons (Fsp3) is 0.636. The van der Waals surface area contributed by atoms with Gasteiger partial charge in [0.15, 0.2) is 0 Å². The first kappa shape index (κ1) is 11.4. The summed E-state index contributed by atoms with van der Waals surface area (Å²) in [4.78, 5) is 0. The van der Waals surface area contributed by atoms with E-state index >= 15 is 0 Å². The predicted molar refractivity (Wildman–Crippen MR) is 51.9 cm³/mol. The first-order valence-electron chi connectivity index (χ1n) is 4.61. The number of allylic oxidation sites excluding steroid dienone is 4. The van der Waals surface area contributed by atoms with E-state index in [0.29, 0.717) is 0 Å². The van der Waals surface area contributed by atoms with E-state index in [4.69, 9.17) is 2.81 Å². The van der Waals surface area contributed by atoms with Crippen LogP contribution < -0.4 is 0 Å². The average molecular weight is 257 g/mol. The van der Waals surface area contributed by atoms with E-state index in [-0.39, 0.29) is 5.41 Å². The molecule has 13 heavy (non-hydrogen) atoms. The summed E-state index contributed by atoms with van der Waals surface area (Å²) in [5.41, 5.74) is 4.78. The van der Waals surface area contributed by atoms with Crippen molar-refractivity contribution in [2.75, 3.05) is 7.11 Å². The summed E-state index contributed by atoms with van der Waals surface area (Å²) in [5, 5.41) is 0. The third-order valence-electron chi connectivity index (χ3n) is 3.27. The van der Waals surface area contributed by atoms with Gasteiger partial charge in [-0.3, -0.25) is 0 Å². The van der Waals surface area contributed by atoms with Crippen LogP contribution in [0, 0.1) is 5.41 Å². The molecule has 0 fully saturated rings. The summed E-state index contributed by atoms with van der Waals surface area (Å²) in [6.45, 7) is 11.4. The zero-order chi connectivity index (χ0) is 10.2. The van der Waals surface area contributed by atoms with Crippen molar-refractivity contribution in [2.45, 2.75) is 34.6 Å². The van der Waals surface area contributed by atoms with Gasteiger partial charge in [-0.1, -0.05) is 0 Å². The molecule has 1 aliphatic rings. The molecule has 0 unspecified atom stereocenters. The molecule has 0 atom stereocenters. The molecule has 0 saturated carbocycles. The van der Waals surface area contributed by atoms with Crippen LogP contribution in [0.25, 0.3) is 0 Å². The Morgan fingerprint density at radius 3 is 1.92 bits per heavy atom. The van der Waals surface area contributed by atoms with Crippen molar-refractivity contribution < 1.29 is 26.5 Å². The number of hydrogen-bond acceptors (Lipinski definition) is 1. The Kier molecular flexibility index (Phi) is 3.35. The molecule has 0 N–H and O–H groups in total. The SMILES string of the molecule is C[O][Zr][C]1=C(C)C(C)=C(C)C1(C)C. The number of hydrogen-bond donors (Lipinski definition) is 0. The van der Waals surface area contributed by atoms with Crippen molar-refractivity contribution in [3.63, 3.8) is 0 Å². The van der Waals surface area contributed by atoms with E-state index in [0.717, 1.165) is 0 Å². The molecule has 0 bridgehead atoms. The van der Waals surface area contributed by atoms with Gasteiger partial charge >= 0.3 is 93.6 Å². The Hall–Kier alpha value is 0.323. The normalized spacial score (nSPS) is 21.4. The molecule has 0 radical (unpaired) electrons. The van der Waals surface area contributed by atoms with Gasteiger partial charge in [-0.15, -0.1) is 0 Å². The monoisotopic (exact) mass is 256 g/mol. The quantitative estimate of drug-likeness (QED) is 0.738. The van der Waals surface area contributed by atoms with Gasteiger partial charge in [-0.25, -0.2) is 0 Å². The van der Waals surface area contributed by atoms with E-state index in [2.05, 4.69) is 34.6 Å². The fourth-order valence-corrected chi connectivity index (χ4v) is 4.33. The molecule has 0 saturated heterocycles. The second-order valence-corrected chi connectivity index (χ2v) is 6.92. The summed E-state index contributed by atoms with van der Waals surface area (Å²) >= 11 is -0.756. The Labute approximate surface area is 93.4 Å². The molecule has 0 spiro atoms. The summed E-state index contributed by atoms with van der Waals surface area (Å²) < 4.78 is 7.02. The first-order chi connectivity index (χ1) is 5.92. The van der Waals surface area contributed by atoms with Crippen LogP contribution in [0.4, 0.5) is 0 Å². The molecule has 0 aromatic carbocycles. The van der Waals surface area contributed by atoms with Gasteiger partial charge in [-0.05, 0) is 0 Å². The molecule has 1 nitrogen and oxygen atoms in total. The van der Waals surface area contributed by atoms with Crippen LogP contribution >= 0.6 is 0 Å². The van der Waals surface area contributed by atoms with Crippen LogP contribution in [-0.4, -0.2) is 7.11 Å². The summed E-state index contributed by atoms with van der Waals surface area (Å²) in [6, 6.07) is 0. The Balaban J connectivity index is 3.12. The van der Waals surface area contributed by atoms with E-state index < -0.39 is 23.7 Å².